The minimum absolute atomic E-state index is 0.0660. The van der Waals surface area contributed by atoms with Crippen LogP contribution in [0.15, 0.2) is 28.7 Å². The third-order valence-electron chi connectivity index (χ3n) is 2.11. The van der Waals surface area contributed by atoms with E-state index in [1.54, 1.807) is 31.2 Å². The second kappa shape index (κ2) is 5.49. The number of carbonyl (C=O) groups is 1. The van der Waals surface area contributed by atoms with Crippen LogP contribution in [0.1, 0.15) is 6.92 Å². The second-order valence-electron chi connectivity index (χ2n) is 3.52. The Morgan fingerprint density at radius 1 is 1.39 bits per heavy atom. The first kappa shape index (κ1) is 13.0. The van der Waals surface area contributed by atoms with Gasteiger partial charge in [-0.1, -0.05) is 32.6 Å². The summed E-state index contributed by atoms with van der Waals surface area (Å²) in [5.41, 5.74) is 0.735. The zero-order valence-electron chi connectivity index (χ0n) is 9.35. The standard InChI is InChI=1S/C11H9BrClN3O2/c1-6(12)9(17)14-11-16-15-10(18-11)7-2-4-8(13)5-3-7/h2-6H,1H3,(H,14,16,17). The molecule has 2 aromatic rings. The fraction of sp³-hybridized carbons (Fsp3) is 0.182. The topological polar surface area (TPSA) is 68.0 Å². The molecule has 18 heavy (non-hydrogen) atoms. The van der Waals surface area contributed by atoms with Crippen molar-refractivity contribution >= 4 is 39.5 Å². The minimum Gasteiger partial charge on any atom is -0.403 e. The van der Waals surface area contributed by atoms with Gasteiger partial charge in [-0.25, -0.2) is 0 Å². The highest BCUT2D eigenvalue weighted by Crippen LogP contribution is 2.21. The molecule has 1 N–H and O–H groups in total. The summed E-state index contributed by atoms with van der Waals surface area (Å²) in [6, 6.07) is 7.03. The zero-order valence-corrected chi connectivity index (χ0v) is 11.7. The quantitative estimate of drug-likeness (QED) is 0.878. The number of hydrogen-bond donors (Lipinski definition) is 1. The highest BCUT2D eigenvalue weighted by atomic mass is 79.9. The number of benzene rings is 1. The summed E-state index contributed by atoms with van der Waals surface area (Å²) in [7, 11) is 0. The van der Waals surface area contributed by atoms with Crippen molar-refractivity contribution in [1.29, 1.82) is 0 Å². The van der Waals surface area contributed by atoms with Crippen LogP contribution < -0.4 is 5.32 Å². The average molecular weight is 331 g/mol. The first-order chi connectivity index (χ1) is 8.56. The van der Waals surface area contributed by atoms with Crippen LogP contribution in [-0.4, -0.2) is 20.9 Å². The molecule has 0 aliphatic carbocycles. The second-order valence-corrected chi connectivity index (χ2v) is 5.33. The van der Waals surface area contributed by atoms with Gasteiger partial charge < -0.3 is 4.42 Å². The normalized spacial score (nSPS) is 12.2. The molecule has 94 valence electrons. The molecule has 0 aliphatic rings. The molecule has 1 heterocycles. The molecule has 1 aromatic heterocycles. The lowest BCUT2D eigenvalue weighted by Crippen LogP contribution is -2.19. The smallest absolute Gasteiger partial charge is 0.322 e. The lowest BCUT2D eigenvalue weighted by molar-refractivity contribution is -0.115. The minimum atomic E-state index is -0.330. The number of halogens is 2. The highest BCUT2D eigenvalue weighted by molar-refractivity contribution is 9.10. The molecule has 2 rings (SSSR count). The predicted molar refractivity (Wildman–Crippen MR) is 71.8 cm³/mol. The van der Waals surface area contributed by atoms with Gasteiger partial charge in [0.25, 0.3) is 0 Å². The van der Waals surface area contributed by atoms with E-state index in [1.165, 1.54) is 0 Å². The molecule has 1 aromatic carbocycles. The molecule has 0 spiro atoms. The number of amides is 1. The van der Waals surface area contributed by atoms with E-state index in [0.717, 1.165) is 5.56 Å². The molecular weight excluding hydrogens is 321 g/mol. The molecule has 1 amide bonds. The number of alkyl halides is 1. The molecule has 7 heteroatoms. The van der Waals surface area contributed by atoms with Gasteiger partial charge in [0.2, 0.25) is 11.8 Å². The first-order valence-corrected chi connectivity index (χ1v) is 6.40. The van der Waals surface area contributed by atoms with E-state index in [0.29, 0.717) is 10.9 Å². The van der Waals surface area contributed by atoms with E-state index < -0.39 is 0 Å². The Kier molecular flexibility index (Phi) is 3.98. The van der Waals surface area contributed by atoms with Crippen molar-refractivity contribution in [2.24, 2.45) is 0 Å². The van der Waals surface area contributed by atoms with Gasteiger partial charge in [0, 0.05) is 10.6 Å². The molecule has 5 nitrogen and oxygen atoms in total. The summed E-state index contributed by atoms with van der Waals surface area (Å²) in [4.78, 5) is 11.1. The summed E-state index contributed by atoms with van der Waals surface area (Å²) < 4.78 is 5.31. The summed E-state index contributed by atoms with van der Waals surface area (Å²) in [5, 5.41) is 10.7. The van der Waals surface area contributed by atoms with Crippen LogP contribution in [0.25, 0.3) is 11.5 Å². The lowest BCUT2D eigenvalue weighted by atomic mass is 10.2. The van der Waals surface area contributed by atoms with Crippen molar-refractivity contribution in [2.45, 2.75) is 11.8 Å². The maximum absolute atomic E-state index is 11.4. The van der Waals surface area contributed by atoms with Crippen molar-refractivity contribution < 1.29 is 9.21 Å². The van der Waals surface area contributed by atoms with Crippen molar-refractivity contribution in [2.75, 3.05) is 5.32 Å². The largest absolute Gasteiger partial charge is 0.403 e. The number of aromatic nitrogens is 2. The molecule has 0 aliphatic heterocycles. The SMILES string of the molecule is CC(Br)C(=O)Nc1nnc(-c2ccc(Cl)cc2)o1. The Morgan fingerprint density at radius 3 is 2.67 bits per heavy atom. The lowest BCUT2D eigenvalue weighted by Gasteiger charge is -2.00. The fourth-order valence-electron chi connectivity index (χ4n) is 1.19. The van der Waals surface area contributed by atoms with E-state index >= 15 is 0 Å². The Morgan fingerprint density at radius 2 is 2.06 bits per heavy atom. The number of nitrogens with zero attached hydrogens (tertiary/aromatic N) is 2. The van der Waals surface area contributed by atoms with Gasteiger partial charge in [-0.2, -0.15) is 0 Å². The number of rotatable bonds is 3. The monoisotopic (exact) mass is 329 g/mol. The highest BCUT2D eigenvalue weighted by Gasteiger charge is 2.14. The van der Waals surface area contributed by atoms with E-state index in [9.17, 15) is 4.79 Å². The van der Waals surface area contributed by atoms with E-state index in [2.05, 4.69) is 31.4 Å². The fourth-order valence-corrected chi connectivity index (χ4v) is 1.43. The molecule has 0 radical (unpaired) electrons. The Labute approximate surface area is 117 Å². The molecule has 0 bridgehead atoms. The van der Waals surface area contributed by atoms with Gasteiger partial charge in [-0.3, -0.25) is 10.1 Å². The molecule has 0 saturated carbocycles. The van der Waals surface area contributed by atoms with Crippen LogP contribution in [0.5, 0.6) is 0 Å². The van der Waals surface area contributed by atoms with Crippen LogP contribution in [-0.2, 0) is 4.79 Å². The summed E-state index contributed by atoms with van der Waals surface area (Å²) >= 11 is 8.92. The first-order valence-electron chi connectivity index (χ1n) is 5.10. The maximum atomic E-state index is 11.4. The molecule has 0 saturated heterocycles. The van der Waals surface area contributed by atoms with Gasteiger partial charge in [-0.15, -0.1) is 5.10 Å². The van der Waals surface area contributed by atoms with Crippen LogP contribution in [0.4, 0.5) is 6.01 Å². The van der Waals surface area contributed by atoms with Crippen LogP contribution >= 0.6 is 27.5 Å². The van der Waals surface area contributed by atoms with Gasteiger partial charge in [0.05, 0.1) is 4.83 Å². The average Bonchev–Trinajstić information content (AvgIpc) is 2.78. The maximum Gasteiger partial charge on any atom is 0.322 e. The Bertz CT molecular complexity index is 554. The summed E-state index contributed by atoms with van der Waals surface area (Å²) in [5.74, 6) is 0.0745. The van der Waals surface area contributed by atoms with Crippen molar-refractivity contribution in [3.05, 3.63) is 29.3 Å². The predicted octanol–water partition coefficient (Wildman–Crippen LogP) is 3.11. The zero-order chi connectivity index (χ0) is 13.1. The number of carbonyl (C=O) groups excluding carboxylic acids is 1. The molecule has 1 atom stereocenters. The Hall–Kier alpha value is -1.40. The summed E-state index contributed by atoms with van der Waals surface area (Å²) in [6.45, 7) is 1.70. The van der Waals surface area contributed by atoms with Crippen LogP contribution in [0.3, 0.4) is 0 Å². The van der Waals surface area contributed by atoms with E-state index in [4.69, 9.17) is 16.0 Å². The van der Waals surface area contributed by atoms with Crippen molar-refractivity contribution in [3.63, 3.8) is 0 Å². The third-order valence-corrected chi connectivity index (χ3v) is 2.78. The third kappa shape index (κ3) is 3.08. The Balaban J connectivity index is 2.15. The molecular formula is C11H9BrClN3O2. The number of nitrogens with one attached hydrogen (secondary N) is 1. The number of anilines is 1. The van der Waals surface area contributed by atoms with Crippen molar-refractivity contribution in [1.82, 2.24) is 10.2 Å². The van der Waals surface area contributed by atoms with Gasteiger partial charge in [-0.05, 0) is 31.2 Å². The number of hydrogen-bond acceptors (Lipinski definition) is 4. The van der Waals surface area contributed by atoms with E-state index in [1.807, 2.05) is 0 Å². The summed E-state index contributed by atoms with van der Waals surface area (Å²) in [6.07, 6.45) is 0. The van der Waals surface area contributed by atoms with Crippen molar-refractivity contribution in [3.8, 4) is 11.5 Å². The van der Waals surface area contributed by atoms with Gasteiger partial charge >= 0.3 is 6.01 Å². The van der Waals surface area contributed by atoms with Crippen LogP contribution in [0, 0.1) is 0 Å². The van der Waals surface area contributed by atoms with Crippen LogP contribution in [0.2, 0.25) is 5.02 Å². The van der Waals surface area contributed by atoms with E-state index in [-0.39, 0.29) is 16.7 Å². The molecule has 1 unspecified atom stereocenters. The molecule has 0 fully saturated rings. The van der Waals surface area contributed by atoms with Gasteiger partial charge in [0.15, 0.2) is 0 Å². The van der Waals surface area contributed by atoms with Gasteiger partial charge in [0.1, 0.15) is 0 Å².